The van der Waals surface area contributed by atoms with Crippen LogP contribution in [0, 0.1) is 5.82 Å². The van der Waals surface area contributed by atoms with Gasteiger partial charge in [-0.3, -0.25) is 0 Å². The molecule has 0 aliphatic carbocycles. The molecule has 1 aromatic heterocycles. The third kappa shape index (κ3) is 1.89. The average Bonchev–Trinajstić information content (AvgIpc) is 2.53. The fraction of sp³-hybridized carbons (Fsp3) is 0.583. The molecule has 0 spiro atoms. The minimum absolute atomic E-state index is 0.215. The van der Waals surface area contributed by atoms with Gasteiger partial charge in [-0.15, -0.1) is 0 Å². The van der Waals surface area contributed by atoms with Crippen LogP contribution in [0.1, 0.15) is 25.7 Å². The molecule has 3 rings (SSSR count). The second-order valence-electron chi connectivity index (χ2n) is 4.88. The summed E-state index contributed by atoms with van der Waals surface area (Å²) < 4.78 is 13.9. The molecule has 5 heteroatoms. The van der Waals surface area contributed by atoms with Crippen molar-refractivity contribution in [1.29, 1.82) is 0 Å². The summed E-state index contributed by atoms with van der Waals surface area (Å²) in [4.78, 5) is 6.13. The maximum Gasteiger partial charge on any atom is 0.167 e. The zero-order valence-corrected chi connectivity index (χ0v) is 10.1. The summed E-state index contributed by atoms with van der Waals surface area (Å²) in [6.45, 7) is 0. The van der Waals surface area contributed by atoms with E-state index in [0.717, 1.165) is 12.8 Å². The number of halogens is 2. The molecule has 2 fully saturated rings. The van der Waals surface area contributed by atoms with E-state index in [4.69, 9.17) is 11.6 Å². The zero-order valence-electron chi connectivity index (χ0n) is 9.31. The second-order valence-corrected chi connectivity index (χ2v) is 5.31. The molecule has 2 saturated heterocycles. The van der Waals surface area contributed by atoms with Crippen molar-refractivity contribution in [3.63, 3.8) is 0 Å². The molecule has 1 aromatic rings. The van der Waals surface area contributed by atoms with Crippen LogP contribution in [0.2, 0.25) is 5.02 Å². The van der Waals surface area contributed by atoms with Gasteiger partial charge in [0.2, 0.25) is 0 Å². The lowest BCUT2D eigenvalue weighted by atomic mass is 10.00. The predicted octanol–water partition coefficient (Wildman–Crippen LogP) is 2.37. The lowest BCUT2D eigenvalue weighted by Crippen LogP contribution is -2.45. The quantitative estimate of drug-likeness (QED) is 0.838. The molecule has 2 aliphatic heterocycles. The Bertz CT molecular complexity index is 429. The van der Waals surface area contributed by atoms with E-state index < -0.39 is 0 Å². The molecule has 17 heavy (non-hydrogen) atoms. The highest BCUT2D eigenvalue weighted by atomic mass is 35.5. The van der Waals surface area contributed by atoms with Crippen molar-refractivity contribution in [2.45, 2.75) is 43.9 Å². The van der Waals surface area contributed by atoms with Gasteiger partial charge in [0.15, 0.2) is 11.6 Å². The summed E-state index contributed by atoms with van der Waals surface area (Å²) >= 11 is 5.71. The average molecular weight is 257 g/mol. The minimum atomic E-state index is -0.370. The molecule has 0 saturated carbocycles. The maximum atomic E-state index is 13.9. The van der Waals surface area contributed by atoms with Gasteiger partial charge in [0, 0.05) is 18.3 Å². The summed E-state index contributed by atoms with van der Waals surface area (Å²) in [5.74, 6) is 0.0135. The number of hydrogen-bond acceptors (Lipinski definition) is 3. The summed E-state index contributed by atoms with van der Waals surface area (Å²) in [6.07, 6.45) is 4.65. The van der Waals surface area contributed by atoms with E-state index in [2.05, 4.69) is 4.98 Å². The molecule has 2 unspecified atom stereocenters. The van der Waals surface area contributed by atoms with Crippen molar-refractivity contribution in [1.82, 2.24) is 4.98 Å². The van der Waals surface area contributed by atoms with E-state index in [1.807, 2.05) is 4.90 Å². The van der Waals surface area contributed by atoms with Gasteiger partial charge in [-0.05, 0) is 31.7 Å². The van der Waals surface area contributed by atoms with Gasteiger partial charge in [-0.1, -0.05) is 11.6 Å². The molecule has 2 bridgehead atoms. The van der Waals surface area contributed by atoms with E-state index in [-0.39, 0.29) is 24.0 Å². The van der Waals surface area contributed by atoms with Gasteiger partial charge in [0.25, 0.3) is 0 Å². The summed E-state index contributed by atoms with van der Waals surface area (Å²) in [6, 6.07) is 1.73. The fourth-order valence-corrected chi connectivity index (χ4v) is 3.24. The number of aliphatic hydroxyl groups is 1. The van der Waals surface area contributed by atoms with E-state index >= 15 is 0 Å². The predicted molar refractivity (Wildman–Crippen MR) is 63.7 cm³/mol. The van der Waals surface area contributed by atoms with Crippen LogP contribution in [0.25, 0.3) is 0 Å². The lowest BCUT2D eigenvalue weighted by molar-refractivity contribution is 0.125. The van der Waals surface area contributed by atoms with Crippen molar-refractivity contribution < 1.29 is 9.50 Å². The van der Waals surface area contributed by atoms with Crippen molar-refractivity contribution in [2.24, 2.45) is 0 Å². The highest BCUT2D eigenvalue weighted by Crippen LogP contribution is 2.39. The minimum Gasteiger partial charge on any atom is -0.393 e. The van der Waals surface area contributed by atoms with Crippen molar-refractivity contribution in [2.75, 3.05) is 4.90 Å². The Balaban J connectivity index is 1.94. The third-order valence-electron chi connectivity index (χ3n) is 3.74. The molecule has 0 radical (unpaired) electrons. The first kappa shape index (κ1) is 11.2. The molecule has 2 aliphatic rings. The monoisotopic (exact) mass is 256 g/mol. The van der Waals surface area contributed by atoms with Gasteiger partial charge >= 0.3 is 0 Å². The van der Waals surface area contributed by atoms with Crippen LogP contribution >= 0.6 is 11.6 Å². The van der Waals surface area contributed by atoms with Crippen molar-refractivity contribution in [3.05, 3.63) is 23.1 Å². The van der Waals surface area contributed by atoms with Crippen LogP contribution < -0.4 is 4.90 Å². The Hall–Kier alpha value is -0.870. The van der Waals surface area contributed by atoms with Crippen molar-refractivity contribution >= 4 is 17.4 Å². The summed E-state index contributed by atoms with van der Waals surface area (Å²) in [5.41, 5.74) is 0. The Morgan fingerprint density at radius 1 is 1.35 bits per heavy atom. The SMILES string of the molecule is OC1CC2CCC(C1)N2c1ncc(Cl)cc1F. The topological polar surface area (TPSA) is 36.4 Å². The van der Waals surface area contributed by atoms with E-state index in [0.29, 0.717) is 23.7 Å². The number of piperidine rings is 1. The summed E-state index contributed by atoms with van der Waals surface area (Å²) in [7, 11) is 0. The highest BCUT2D eigenvalue weighted by molar-refractivity contribution is 6.30. The smallest absolute Gasteiger partial charge is 0.167 e. The molecule has 0 aromatic carbocycles. The van der Waals surface area contributed by atoms with Crippen LogP contribution in [-0.2, 0) is 0 Å². The van der Waals surface area contributed by atoms with Crippen LogP contribution in [0.4, 0.5) is 10.2 Å². The first-order valence-corrected chi connectivity index (χ1v) is 6.30. The first-order chi connectivity index (χ1) is 8.15. The Morgan fingerprint density at radius 2 is 2.00 bits per heavy atom. The number of pyridine rings is 1. The van der Waals surface area contributed by atoms with Gasteiger partial charge in [0.1, 0.15) is 0 Å². The molecule has 3 heterocycles. The van der Waals surface area contributed by atoms with Crippen LogP contribution in [0.5, 0.6) is 0 Å². The fourth-order valence-electron chi connectivity index (χ4n) is 3.09. The van der Waals surface area contributed by atoms with E-state index in [1.165, 1.54) is 12.3 Å². The largest absolute Gasteiger partial charge is 0.393 e. The van der Waals surface area contributed by atoms with E-state index in [1.54, 1.807) is 0 Å². The van der Waals surface area contributed by atoms with E-state index in [9.17, 15) is 9.50 Å². The molecule has 2 atom stereocenters. The van der Waals surface area contributed by atoms with Crippen molar-refractivity contribution in [3.8, 4) is 0 Å². The Labute approximate surface area is 104 Å². The molecule has 3 nitrogen and oxygen atoms in total. The Morgan fingerprint density at radius 3 is 2.59 bits per heavy atom. The number of aromatic nitrogens is 1. The zero-order chi connectivity index (χ0) is 12.0. The van der Waals surface area contributed by atoms with Crippen LogP contribution in [0.15, 0.2) is 12.3 Å². The molecular formula is C12H14ClFN2O. The number of anilines is 1. The first-order valence-electron chi connectivity index (χ1n) is 5.92. The van der Waals surface area contributed by atoms with Gasteiger partial charge in [-0.25, -0.2) is 9.37 Å². The number of hydrogen-bond donors (Lipinski definition) is 1. The standard InChI is InChI=1S/C12H14ClFN2O/c13-7-3-11(14)12(15-6-7)16-8-1-2-9(16)5-10(17)4-8/h3,6,8-10,17H,1-2,4-5H2. The van der Waals surface area contributed by atoms with Gasteiger partial charge < -0.3 is 10.0 Å². The number of nitrogens with zero attached hydrogens (tertiary/aromatic N) is 2. The lowest BCUT2D eigenvalue weighted by Gasteiger charge is -2.38. The molecule has 0 amide bonds. The molecule has 1 N–H and O–H groups in total. The van der Waals surface area contributed by atoms with Crippen LogP contribution in [0.3, 0.4) is 0 Å². The highest BCUT2D eigenvalue weighted by Gasteiger charge is 2.41. The Kier molecular flexibility index (Phi) is 2.71. The third-order valence-corrected chi connectivity index (χ3v) is 3.95. The number of rotatable bonds is 1. The number of fused-ring (bicyclic) bond motifs is 2. The van der Waals surface area contributed by atoms with Gasteiger partial charge in [0.05, 0.1) is 11.1 Å². The normalized spacial score (nSPS) is 31.9. The summed E-state index contributed by atoms with van der Waals surface area (Å²) in [5, 5.41) is 10.0. The molecule has 92 valence electrons. The molecular weight excluding hydrogens is 243 g/mol. The van der Waals surface area contributed by atoms with Gasteiger partial charge in [-0.2, -0.15) is 0 Å². The maximum absolute atomic E-state index is 13.9. The second kappa shape index (κ2) is 4.10. The van der Waals surface area contributed by atoms with Crippen LogP contribution in [-0.4, -0.2) is 28.3 Å². The number of aliphatic hydroxyl groups excluding tert-OH is 1.